The fourth-order valence-corrected chi connectivity index (χ4v) is 6.84. The molecule has 10 nitrogen and oxygen atoms in total. The Morgan fingerprint density at radius 3 is 2.71 bits per heavy atom. The smallest absolute Gasteiger partial charge is 0.271 e. The van der Waals surface area contributed by atoms with E-state index in [0.29, 0.717) is 43.0 Å². The summed E-state index contributed by atoms with van der Waals surface area (Å²) in [4.78, 5) is 24.2. The molecular weight excluding hydrogens is 550 g/mol. The Morgan fingerprint density at radius 2 is 2.00 bits per heavy atom. The fourth-order valence-electron chi connectivity index (χ4n) is 6.18. The number of alkyl halides is 2. The average molecular weight is 591 g/mol. The van der Waals surface area contributed by atoms with E-state index in [-0.39, 0.29) is 47.8 Å². The first kappa shape index (κ1) is 29.9. The number of aromatic nitrogens is 4. The maximum atomic E-state index is 13.5. The minimum Gasteiger partial charge on any atom is -0.374 e. The molecule has 3 heterocycles. The number of amides is 1. The number of rotatable bonds is 9. The van der Waals surface area contributed by atoms with Crippen molar-refractivity contribution >= 4 is 23.6 Å². The van der Waals surface area contributed by atoms with E-state index in [1.54, 1.807) is 13.2 Å². The van der Waals surface area contributed by atoms with Gasteiger partial charge in [0.2, 0.25) is 11.9 Å². The van der Waals surface area contributed by atoms with E-state index < -0.39 is 5.92 Å². The maximum Gasteiger partial charge on any atom is 0.271 e. The quantitative estimate of drug-likeness (QED) is 0.322. The number of nitrogens with zero attached hydrogens (tertiary/aromatic N) is 4. The number of nitrogen functional groups attached to an aromatic ring is 1. The number of carbonyl (C=O) groups excluding carboxylic acids is 1. The predicted octanol–water partition coefficient (Wildman–Crippen LogP) is 3.82. The van der Waals surface area contributed by atoms with Crippen LogP contribution in [0.15, 0.2) is 17.7 Å². The van der Waals surface area contributed by atoms with Crippen molar-refractivity contribution < 1.29 is 18.3 Å². The molecule has 41 heavy (non-hydrogen) atoms. The van der Waals surface area contributed by atoms with Crippen molar-refractivity contribution in [2.24, 2.45) is 0 Å². The molecule has 0 radical (unpaired) electrons. The summed E-state index contributed by atoms with van der Waals surface area (Å²) in [7, 11) is 1.78. The topological polar surface area (TPSA) is 134 Å². The second-order valence-corrected chi connectivity index (χ2v) is 12.8. The van der Waals surface area contributed by atoms with Crippen molar-refractivity contribution in [3.05, 3.63) is 34.5 Å². The van der Waals surface area contributed by atoms with E-state index in [2.05, 4.69) is 49.5 Å². The van der Waals surface area contributed by atoms with Crippen molar-refractivity contribution in [2.45, 2.75) is 87.8 Å². The first-order valence-corrected chi connectivity index (χ1v) is 15.2. The van der Waals surface area contributed by atoms with Gasteiger partial charge in [-0.3, -0.25) is 15.2 Å². The number of hydrogen-bond acceptors (Lipinski definition) is 9. The molecule has 2 aromatic heterocycles. The first-order valence-electron chi connectivity index (χ1n) is 14.3. The molecule has 2 fully saturated rings. The lowest BCUT2D eigenvalue weighted by Gasteiger charge is -2.40. The molecule has 0 bridgehead atoms. The number of piperidine rings is 1. The number of halogens is 2. The van der Waals surface area contributed by atoms with Gasteiger partial charge in [0, 0.05) is 43.7 Å². The second-order valence-electron chi connectivity index (χ2n) is 11.8. The molecule has 13 heteroatoms. The van der Waals surface area contributed by atoms with Gasteiger partial charge in [-0.2, -0.15) is 5.10 Å². The zero-order valence-corrected chi connectivity index (χ0v) is 24.7. The molecule has 5 N–H and O–H groups in total. The van der Waals surface area contributed by atoms with Crippen LogP contribution in [0.4, 0.5) is 14.7 Å². The zero-order chi connectivity index (χ0) is 29.2. The number of likely N-dealkylation sites (tertiary alicyclic amines) is 1. The van der Waals surface area contributed by atoms with Crippen LogP contribution >= 0.6 is 11.8 Å². The summed E-state index contributed by atoms with van der Waals surface area (Å²) in [5, 5.41) is 15.4. The van der Waals surface area contributed by atoms with Crippen LogP contribution in [0.3, 0.4) is 0 Å². The number of hydrogen-bond donors (Lipinski definition) is 4. The number of aromatic amines is 1. The zero-order valence-electron chi connectivity index (χ0n) is 23.9. The summed E-state index contributed by atoms with van der Waals surface area (Å²) < 4.78 is 33.0. The number of carbonyl (C=O) groups is 1. The highest BCUT2D eigenvalue weighted by molar-refractivity contribution is 8.02. The van der Waals surface area contributed by atoms with E-state index in [0.717, 1.165) is 37.1 Å². The van der Waals surface area contributed by atoms with E-state index in [1.165, 1.54) is 11.8 Å². The molecule has 0 aromatic carbocycles. The Balaban J connectivity index is 1.08. The Hall–Kier alpha value is -2.61. The van der Waals surface area contributed by atoms with Gasteiger partial charge in [-0.1, -0.05) is 31.7 Å². The van der Waals surface area contributed by atoms with Crippen molar-refractivity contribution in [1.29, 1.82) is 0 Å². The minimum absolute atomic E-state index is 0.00613. The van der Waals surface area contributed by atoms with Crippen LogP contribution in [0, 0.1) is 0 Å². The Labute approximate surface area is 243 Å². The number of H-pyrrole nitrogens is 1. The van der Waals surface area contributed by atoms with Gasteiger partial charge in [-0.15, -0.1) is 0 Å². The number of ether oxygens (including phenoxy) is 1. The second kappa shape index (κ2) is 12.3. The van der Waals surface area contributed by atoms with Crippen LogP contribution in [0.25, 0.3) is 11.4 Å². The summed E-state index contributed by atoms with van der Waals surface area (Å²) >= 11 is 1.44. The summed E-state index contributed by atoms with van der Waals surface area (Å²) in [6.45, 7) is 6.42. The normalized spacial score (nSPS) is 21.9. The molecule has 2 aliphatic carbocycles. The van der Waals surface area contributed by atoms with Gasteiger partial charge in [-0.05, 0) is 55.5 Å². The number of nitrogens with two attached hydrogens (primary N) is 1. The summed E-state index contributed by atoms with van der Waals surface area (Å²) in [6.07, 6.45) is 7.52. The van der Waals surface area contributed by atoms with Crippen LogP contribution < -0.4 is 16.4 Å². The van der Waals surface area contributed by atoms with Crippen LogP contribution in [0.2, 0.25) is 0 Å². The number of nitrogens with one attached hydrogen (secondary N) is 3. The molecule has 224 valence electrons. The highest BCUT2D eigenvalue weighted by atomic mass is 32.2. The SMILES string of the molecule is CNC(NC(=O)c1[nH]nc2c1C(C)(C)Cc1cnc(N)nc1-2)S/C=C/COC1CCN(C2CCC(F)(F)CC2)CC1. The first-order chi connectivity index (χ1) is 19.6. The monoisotopic (exact) mass is 590 g/mol. The molecule has 2 aromatic rings. The van der Waals surface area contributed by atoms with Crippen LogP contribution in [0.5, 0.6) is 0 Å². The third-order valence-corrected chi connectivity index (χ3v) is 9.33. The van der Waals surface area contributed by atoms with E-state index in [4.69, 9.17) is 10.5 Å². The fraction of sp³-hybridized carbons (Fsp3) is 0.643. The minimum atomic E-state index is -2.48. The van der Waals surface area contributed by atoms with Crippen molar-refractivity contribution in [1.82, 2.24) is 35.7 Å². The Morgan fingerprint density at radius 1 is 1.27 bits per heavy atom. The summed E-state index contributed by atoms with van der Waals surface area (Å²) in [5.74, 6) is -2.57. The highest BCUT2D eigenvalue weighted by Crippen LogP contribution is 2.42. The lowest BCUT2D eigenvalue weighted by molar-refractivity contribution is -0.0623. The van der Waals surface area contributed by atoms with E-state index in [1.807, 2.05) is 11.5 Å². The van der Waals surface area contributed by atoms with Gasteiger partial charge in [0.15, 0.2) is 0 Å². The van der Waals surface area contributed by atoms with E-state index in [9.17, 15) is 13.6 Å². The third kappa shape index (κ3) is 6.90. The predicted molar refractivity (Wildman–Crippen MR) is 156 cm³/mol. The largest absolute Gasteiger partial charge is 0.374 e. The molecular formula is C28H40F2N8O2S. The molecule has 1 unspecified atom stereocenters. The number of fused-ring (bicyclic) bond motifs is 3. The standard InChI is InChI=1S/C28H40F2N8O2S/c1-27(2)15-17-16-33-25(31)34-21(17)22-20(27)23(37-36-22)24(39)35-26(32-3)41-14-4-13-40-19-7-11-38(12-8-19)18-5-9-28(29,30)10-6-18/h4,14,16,18-19,26,32H,5-13,15H2,1-3H3,(H,35,39)(H,36,37)(H2,31,33,34)/b14-4+. The third-order valence-electron chi connectivity index (χ3n) is 8.35. The molecule has 1 aliphatic heterocycles. The summed E-state index contributed by atoms with van der Waals surface area (Å²) in [6, 6.07) is 0.280. The lowest BCUT2D eigenvalue weighted by Crippen LogP contribution is -2.46. The summed E-state index contributed by atoms with van der Waals surface area (Å²) in [5.41, 5.74) is 8.59. The van der Waals surface area contributed by atoms with Crippen molar-refractivity contribution in [2.75, 3.05) is 32.5 Å². The molecule has 1 atom stereocenters. The molecule has 1 amide bonds. The molecule has 1 saturated heterocycles. The molecule has 5 rings (SSSR count). The van der Waals surface area contributed by atoms with Crippen LogP contribution in [-0.4, -0.2) is 81.3 Å². The van der Waals surface area contributed by atoms with Gasteiger partial charge in [0.25, 0.3) is 5.91 Å². The lowest BCUT2D eigenvalue weighted by atomic mass is 9.73. The Bertz CT molecular complexity index is 1250. The molecule has 0 spiro atoms. The number of anilines is 1. The molecule has 1 saturated carbocycles. The van der Waals surface area contributed by atoms with E-state index >= 15 is 0 Å². The van der Waals surface area contributed by atoms with Crippen molar-refractivity contribution in [3.8, 4) is 11.4 Å². The average Bonchev–Trinajstić information content (AvgIpc) is 3.40. The van der Waals surface area contributed by atoms with Crippen molar-refractivity contribution in [3.63, 3.8) is 0 Å². The van der Waals surface area contributed by atoms with Gasteiger partial charge in [-0.25, -0.2) is 18.7 Å². The van der Waals surface area contributed by atoms with Gasteiger partial charge >= 0.3 is 0 Å². The van der Waals surface area contributed by atoms with Crippen LogP contribution in [-0.2, 0) is 16.6 Å². The van der Waals surface area contributed by atoms with Gasteiger partial charge < -0.3 is 20.7 Å². The Kier molecular flexibility index (Phi) is 8.98. The van der Waals surface area contributed by atoms with Crippen LogP contribution in [0.1, 0.15) is 74.0 Å². The van der Waals surface area contributed by atoms with Gasteiger partial charge in [0.05, 0.1) is 18.4 Å². The molecule has 3 aliphatic rings. The number of thioether (sulfide) groups is 1. The maximum absolute atomic E-state index is 13.5. The van der Waals surface area contributed by atoms with Gasteiger partial charge in [0.1, 0.15) is 16.9 Å². The highest BCUT2D eigenvalue weighted by Gasteiger charge is 2.39.